The molecule has 0 spiro atoms. The molecule has 0 heterocycles. The monoisotopic (exact) mass is 357 g/mol. The SMILES string of the molecule is CC(C)(C)OC(=O)CC(NC(=O)CI)C(=O)O. The van der Waals surface area contributed by atoms with E-state index in [2.05, 4.69) is 5.32 Å². The van der Waals surface area contributed by atoms with Crippen LogP contribution in [0.3, 0.4) is 0 Å². The fourth-order valence-electron chi connectivity index (χ4n) is 0.983. The molecule has 1 atom stereocenters. The van der Waals surface area contributed by atoms with Gasteiger partial charge in [-0.15, -0.1) is 0 Å². The van der Waals surface area contributed by atoms with Crippen molar-refractivity contribution in [2.24, 2.45) is 0 Å². The van der Waals surface area contributed by atoms with Gasteiger partial charge < -0.3 is 15.2 Å². The van der Waals surface area contributed by atoms with Crippen molar-refractivity contribution in [1.82, 2.24) is 5.32 Å². The summed E-state index contributed by atoms with van der Waals surface area (Å²) in [5, 5.41) is 11.1. The first kappa shape index (κ1) is 16.1. The second-order valence-corrected chi connectivity index (χ2v) is 5.15. The van der Waals surface area contributed by atoms with Gasteiger partial charge >= 0.3 is 11.9 Å². The van der Waals surface area contributed by atoms with Gasteiger partial charge in [0.2, 0.25) is 5.91 Å². The number of nitrogens with one attached hydrogen (secondary N) is 1. The summed E-state index contributed by atoms with van der Waals surface area (Å²) in [5.74, 6) is -2.34. The zero-order valence-corrected chi connectivity index (χ0v) is 12.1. The molecule has 0 aliphatic heterocycles. The van der Waals surface area contributed by atoms with Gasteiger partial charge in [0.15, 0.2) is 0 Å². The molecule has 0 radical (unpaired) electrons. The summed E-state index contributed by atoms with van der Waals surface area (Å²) in [4.78, 5) is 33.3. The van der Waals surface area contributed by atoms with E-state index in [1.807, 2.05) is 0 Å². The highest BCUT2D eigenvalue weighted by atomic mass is 127. The third kappa shape index (κ3) is 7.94. The van der Waals surface area contributed by atoms with Crippen LogP contribution >= 0.6 is 22.6 Å². The number of amides is 1. The Morgan fingerprint density at radius 3 is 2.24 bits per heavy atom. The van der Waals surface area contributed by atoms with E-state index >= 15 is 0 Å². The highest BCUT2D eigenvalue weighted by molar-refractivity contribution is 14.1. The summed E-state index contributed by atoms with van der Waals surface area (Å²) in [7, 11) is 0. The van der Waals surface area contributed by atoms with Gasteiger partial charge in [-0.05, 0) is 20.8 Å². The standard InChI is InChI=1S/C10H16INO5/c1-10(2,3)17-8(14)4-6(9(15)16)12-7(13)5-11/h6H,4-5H2,1-3H3,(H,12,13)(H,15,16). The minimum absolute atomic E-state index is 0.135. The molecule has 0 fully saturated rings. The molecule has 0 saturated carbocycles. The Kier molecular flexibility index (Phi) is 6.43. The zero-order chi connectivity index (χ0) is 13.6. The van der Waals surface area contributed by atoms with Gasteiger partial charge in [-0.3, -0.25) is 9.59 Å². The molecule has 17 heavy (non-hydrogen) atoms. The van der Waals surface area contributed by atoms with E-state index in [1.54, 1.807) is 43.4 Å². The molecule has 0 aliphatic rings. The molecule has 0 aromatic heterocycles. The normalized spacial score (nSPS) is 12.7. The Bertz CT molecular complexity index is 310. The molecule has 98 valence electrons. The number of carboxylic acids is 1. The Balaban J connectivity index is 4.41. The van der Waals surface area contributed by atoms with E-state index in [0.29, 0.717) is 0 Å². The number of hydrogen-bond acceptors (Lipinski definition) is 4. The number of esters is 1. The van der Waals surface area contributed by atoms with E-state index < -0.39 is 29.5 Å². The third-order valence-corrected chi connectivity index (χ3v) is 2.24. The van der Waals surface area contributed by atoms with Crippen LogP contribution in [0.25, 0.3) is 0 Å². The molecule has 7 heteroatoms. The summed E-state index contributed by atoms with van der Waals surface area (Å²) in [6.07, 6.45) is -0.380. The Morgan fingerprint density at radius 1 is 1.35 bits per heavy atom. The molecule has 0 saturated heterocycles. The van der Waals surface area contributed by atoms with E-state index in [9.17, 15) is 14.4 Å². The molecule has 0 aromatic rings. The Morgan fingerprint density at radius 2 is 1.88 bits per heavy atom. The van der Waals surface area contributed by atoms with Crippen molar-refractivity contribution in [2.75, 3.05) is 4.43 Å². The smallest absolute Gasteiger partial charge is 0.326 e. The van der Waals surface area contributed by atoms with Gasteiger partial charge in [0.25, 0.3) is 0 Å². The lowest BCUT2D eigenvalue weighted by Crippen LogP contribution is -2.43. The van der Waals surface area contributed by atoms with Gasteiger partial charge in [0, 0.05) is 0 Å². The van der Waals surface area contributed by atoms with Crippen molar-refractivity contribution in [3.8, 4) is 0 Å². The van der Waals surface area contributed by atoms with Gasteiger partial charge in [0.1, 0.15) is 11.6 Å². The number of rotatable bonds is 5. The third-order valence-electron chi connectivity index (χ3n) is 1.55. The molecule has 1 unspecified atom stereocenters. The van der Waals surface area contributed by atoms with E-state index in [0.717, 1.165) is 0 Å². The zero-order valence-electron chi connectivity index (χ0n) is 9.95. The summed E-state index contributed by atoms with van der Waals surface area (Å²) < 4.78 is 5.11. The lowest BCUT2D eigenvalue weighted by Gasteiger charge is -2.21. The van der Waals surface area contributed by atoms with Crippen molar-refractivity contribution < 1.29 is 24.2 Å². The number of hydrogen-bond donors (Lipinski definition) is 2. The van der Waals surface area contributed by atoms with E-state index in [1.165, 1.54) is 0 Å². The molecular formula is C10H16INO5. The van der Waals surface area contributed by atoms with Crippen molar-refractivity contribution >= 4 is 40.4 Å². The van der Waals surface area contributed by atoms with Crippen LogP contribution in [0, 0.1) is 0 Å². The largest absolute Gasteiger partial charge is 0.480 e. The van der Waals surface area contributed by atoms with Crippen LogP contribution in [0.2, 0.25) is 0 Å². The molecule has 0 aromatic carbocycles. The van der Waals surface area contributed by atoms with Gasteiger partial charge in [-0.1, -0.05) is 22.6 Å². The first-order valence-electron chi connectivity index (χ1n) is 4.95. The molecular weight excluding hydrogens is 341 g/mol. The van der Waals surface area contributed by atoms with Crippen LogP contribution in [-0.4, -0.2) is 39.0 Å². The number of alkyl halides is 1. The van der Waals surface area contributed by atoms with Crippen LogP contribution in [0.4, 0.5) is 0 Å². The number of aliphatic carboxylic acids is 1. The number of carbonyl (C=O) groups excluding carboxylic acids is 2. The van der Waals surface area contributed by atoms with E-state index in [-0.39, 0.29) is 10.8 Å². The number of ether oxygens (including phenoxy) is 1. The quantitative estimate of drug-likeness (QED) is 0.430. The Labute approximate surface area is 113 Å². The minimum Gasteiger partial charge on any atom is -0.480 e. The summed E-state index contributed by atoms with van der Waals surface area (Å²) >= 11 is 1.80. The van der Waals surface area contributed by atoms with Gasteiger partial charge in [-0.25, -0.2) is 4.79 Å². The average molecular weight is 357 g/mol. The summed E-state index contributed by atoms with van der Waals surface area (Å²) in [6, 6.07) is -1.24. The van der Waals surface area contributed by atoms with E-state index in [4.69, 9.17) is 9.84 Å². The molecule has 0 aliphatic carbocycles. The van der Waals surface area contributed by atoms with Crippen molar-refractivity contribution in [3.63, 3.8) is 0 Å². The molecule has 0 bridgehead atoms. The Hall–Kier alpha value is -0.860. The first-order chi connectivity index (χ1) is 7.65. The van der Waals surface area contributed by atoms with Crippen LogP contribution in [0.1, 0.15) is 27.2 Å². The van der Waals surface area contributed by atoms with Gasteiger partial charge in [0.05, 0.1) is 10.8 Å². The van der Waals surface area contributed by atoms with Crippen molar-refractivity contribution in [1.29, 1.82) is 0 Å². The summed E-state index contributed by atoms with van der Waals surface area (Å²) in [5.41, 5.74) is -0.673. The minimum atomic E-state index is -1.26. The number of carboxylic acid groups (broad SMARTS) is 1. The molecule has 0 rings (SSSR count). The van der Waals surface area contributed by atoms with Gasteiger partial charge in [-0.2, -0.15) is 0 Å². The highest BCUT2D eigenvalue weighted by Gasteiger charge is 2.26. The molecule has 6 nitrogen and oxygen atoms in total. The first-order valence-corrected chi connectivity index (χ1v) is 6.48. The second-order valence-electron chi connectivity index (χ2n) is 4.38. The fraction of sp³-hybridized carbons (Fsp3) is 0.700. The van der Waals surface area contributed by atoms with Crippen LogP contribution in [0.15, 0.2) is 0 Å². The highest BCUT2D eigenvalue weighted by Crippen LogP contribution is 2.09. The maximum absolute atomic E-state index is 11.4. The van der Waals surface area contributed by atoms with Crippen LogP contribution in [0.5, 0.6) is 0 Å². The molecule has 2 N–H and O–H groups in total. The number of carbonyl (C=O) groups is 3. The average Bonchev–Trinajstić information content (AvgIpc) is 2.13. The van der Waals surface area contributed by atoms with Crippen molar-refractivity contribution in [3.05, 3.63) is 0 Å². The van der Waals surface area contributed by atoms with Crippen LogP contribution < -0.4 is 5.32 Å². The topological polar surface area (TPSA) is 92.7 Å². The van der Waals surface area contributed by atoms with Crippen LogP contribution in [-0.2, 0) is 19.1 Å². The lowest BCUT2D eigenvalue weighted by molar-refractivity contribution is -0.158. The predicted octanol–water partition coefficient (Wildman–Crippen LogP) is 0.723. The number of halogens is 1. The maximum Gasteiger partial charge on any atom is 0.326 e. The van der Waals surface area contributed by atoms with Crippen molar-refractivity contribution in [2.45, 2.75) is 38.8 Å². The lowest BCUT2D eigenvalue weighted by atomic mass is 10.1. The predicted molar refractivity (Wildman–Crippen MR) is 68.9 cm³/mol. The molecule has 1 amide bonds. The fourth-order valence-corrected chi connectivity index (χ4v) is 1.20. The second kappa shape index (κ2) is 6.77. The maximum atomic E-state index is 11.4. The summed E-state index contributed by atoms with van der Waals surface area (Å²) in [6.45, 7) is 5.05.